The van der Waals surface area contributed by atoms with Crippen molar-refractivity contribution >= 4 is 33.2 Å². The van der Waals surface area contributed by atoms with Gasteiger partial charge in [-0.05, 0) is 82.1 Å². The van der Waals surface area contributed by atoms with Crippen LogP contribution in [0.1, 0.15) is 42.3 Å². The van der Waals surface area contributed by atoms with Crippen LogP contribution in [-0.4, -0.2) is 32.3 Å². The predicted molar refractivity (Wildman–Crippen MR) is 139 cm³/mol. The number of sulfonamides is 1. The Morgan fingerprint density at radius 2 is 1.49 bits per heavy atom. The first-order valence-corrected chi connectivity index (χ1v) is 12.7. The summed E-state index contributed by atoms with van der Waals surface area (Å²) in [6.45, 7) is 8.94. The molecule has 8 heteroatoms. The highest BCUT2D eigenvalue weighted by Gasteiger charge is 2.28. The summed E-state index contributed by atoms with van der Waals surface area (Å²) in [6.07, 6.45) is 0. The number of nitrogens with zero attached hydrogens (tertiary/aromatic N) is 1. The van der Waals surface area contributed by atoms with Crippen molar-refractivity contribution in [1.82, 2.24) is 5.32 Å². The predicted octanol–water partition coefficient (Wildman–Crippen LogP) is 4.67. The van der Waals surface area contributed by atoms with Gasteiger partial charge < -0.3 is 10.6 Å². The van der Waals surface area contributed by atoms with E-state index in [-0.39, 0.29) is 10.8 Å². The zero-order valence-electron chi connectivity index (χ0n) is 20.6. The summed E-state index contributed by atoms with van der Waals surface area (Å²) in [5.41, 5.74) is 2.43. The monoisotopic (exact) mass is 493 g/mol. The molecule has 0 aromatic heterocycles. The minimum atomic E-state index is -4.03. The van der Waals surface area contributed by atoms with Crippen molar-refractivity contribution in [1.29, 1.82) is 0 Å². The Morgan fingerprint density at radius 1 is 0.857 bits per heavy atom. The van der Waals surface area contributed by atoms with E-state index in [4.69, 9.17) is 0 Å². The molecule has 35 heavy (non-hydrogen) atoms. The first kappa shape index (κ1) is 26.0. The first-order valence-electron chi connectivity index (χ1n) is 11.2. The second kappa shape index (κ2) is 10.3. The highest BCUT2D eigenvalue weighted by atomic mass is 32.2. The Balaban J connectivity index is 1.94. The summed E-state index contributed by atoms with van der Waals surface area (Å²) in [7, 11) is -4.03. The van der Waals surface area contributed by atoms with Gasteiger partial charge in [-0.25, -0.2) is 8.42 Å². The van der Waals surface area contributed by atoms with Gasteiger partial charge in [-0.1, -0.05) is 36.4 Å². The van der Waals surface area contributed by atoms with E-state index >= 15 is 0 Å². The number of para-hydroxylation sites is 1. The topological polar surface area (TPSA) is 95.6 Å². The van der Waals surface area contributed by atoms with Crippen molar-refractivity contribution < 1.29 is 18.0 Å². The smallest absolute Gasteiger partial charge is 0.264 e. The fourth-order valence-corrected chi connectivity index (χ4v) is 4.87. The number of anilines is 2. The van der Waals surface area contributed by atoms with Crippen molar-refractivity contribution in [2.45, 2.75) is 45.1 Å². The zero-order chi connectivity index (χ0) is 25.8. The molecule has 0 saturated heterocycles. The lowest BCUT2D eigenvalue weighted by Gasteiger charge is -2.25. The van der Waals surface area contributed by atoms with Crippen molar-refractivity contribution in [3.05, 3.63) is 89.5 Å². The molecule has 0 aliphatic rings. The summed E-state index contributed by atoms with van der Waals surface area (Å²) in [5.74, 6) is -0.907. The molecule has 3 aromatic rings. The van der Waals surface area contributed by atoms with E-state index in [1.165, 1.54) is 12.1 Å². The number of hydrogen-bond donors (Lipinski definition) is 2. The van der Waals surface area contributed by atoms with Crippen LogP contribution in [-0.2, 0) is 14.8 Å². The highest BCUT2D eigenvalue weighted by Crippen LogP contribution is 2.26. The number of nitrogens with one attached hydrogen (secondary N) is 2. The largest absolute Gasteiger partial charge is 0.347 e. The SMILES string of the molecule is Cc1ccc(N(CC(=O)Nc2ccccc2C(=O)NC(C)(C)C)S(=O)(=O)c2ccccc2)cc1C. The standard InChI is InChI=1S/C27H31N3O4S/c1-19-15-16-21(17-20(19)2)30(35(33,34)22-11-7-6-8-12-22)18-25(31)28-24-14-10-9-13-23(24)26(32)29-27(3,4)5/h6-17H,18H2,1-5H3,(H,28,31)(H,29,32). The summed E-state index contributed by atoms with van der Waals surface area (Å²) >= 11 is 0. The summed E-state index contributed by atoms with van der Waals surface area (Å²) in [5, 5.41) is 5.60. The third-order valence-electron chi connectivity index (χ3n) is 5.33. The molecule has 0 aliphatic carbocycles. The van der Waals surface area contributed by atoms with Gasteiger partial charge in [-0.15, -0.1) is 0 Å². The highest BCUT2D eigenvalue weighted by molar-refractivity contribution is 7.92. The molecule has 0 saturated carbocycles. The minimum absolute atomic E-state index is 0.0796. The van der Waals surface area contributed by atoms with Gasteiger partial charge in [-0.3, -0.25) is 13.9 Å². The average Bonchev–Trinajstić information content (AvgIpc) is 2.79. The quantitative estimate of drug-likeness (QED) is 0.500. The Labute approximate surface area is 207 Å². The number of rotatable bonds is 7. The van der Waals surface area contributed by atoms with E-state index in [1.54, 1.807) is 54.6 Å². The third kappa shape index (κ3) is 6.48. The fourth-order valence-electron chi connectivity index (χ4n) is 3.43. The first-order chi connectivity index (χ1) is 16.4. The molecule has 0 aliphatic heterocycles. The van der Waals surface area contributed by atoms with Gasteiger partial charge in [0.15, 0.2) is 0 Å². The lowest BCUT2D eigenvalue weighted by molar-refractivity contribution is -0.114. The maximum absolute atomic E-state index is 13.5. The Kier molecular flexibility index (Phi) is 7.65. The van der Waals surface area contributed by atoms with Crippen LogP contribution in [0.3, 0.4) is 0 Å². The van der Waals surface area contributed by atoms with Crippen LogP contribution in [0.4, 0.5) is 11.4 Å². The number of aryl methyl sites for hydroxylation is 2. The second-order valence-electron chi connectivity index (χ2n) is 9.39. The third-order valence-corrected chi connectivity index (χ3v) is 7.12. The lowest BCUT2D eigenvalue weighted by Crippen LogP contribution is -2.41. The molecule has 2 N–H and O–H groups in total. The van der Waals surface area contributed by atoms with Crippen molar-refractivity contribution in [3.8, 4) is 0 Å². The van der Waals surface area contributed by atoms with Gasteiger partial charge in [0, 0.05) is 5.54 Å². The molecule has 7 nitrogen and oxygen atoms in total. The molecule has 0 atom stereocenters. The molecule has 2 amide bonds. The number of carbonyl (C=O) groups is 2. The van der Waals surface area contributed by atoms with Crippen LogP contribution >= 0.6 is 0 Å². The molecule has 184 valence electrons. The van der Waals surface area contributed by atoms with Gasteiger partial charge in [0.05, 0.1) is 21.8 Å². The molecule has 3 aromatic carbocycles. The molecule has 0 bridgehead atoms. The Hall–Kier alpha value is -3.65. The second-order valence-corrected chi connectivity index (χ2v) is 11.3. The number of benzene rings is 3. The van der Waals surface area contributed by atoms with Crippen molar-refractivity contribution in [2.75, 3.05) is 16.2 Å². The Bertz CT molecular complexity index is 1330. The maximum atomic E-state index is 13.5. The van der Waals surface area contributed by atoms with Crippen molar-refractivity contribution in [2.24, 2.45) is 0 Å². The van der Waals surface area contributed by atoms with E-state index in [0.717, 1.165) is 15.4 Å². The number of carbonyl (C=O) groups excluding carboxylic acids is 2. The minimum Gasteiger partial charge on any atom is -0.347 e. The molecule has 0 radical (unpaired) electrons. The van der Waals surface area contributed by atoms with Gasteiger partial charge in [0.1, 0.15) is 6.54 Å². The Morgan fingerprint density at radius 3 is 2.11 bits per heavy atom. The summed E-state index contributed by atoms with van der Waals surface area (Å²) < 4.78 is 28.1. The molecular formula is C27H31N3O4S. The van der Waals surface area contributed by atoms with E-state index < -0.39 is 28.0 Å². The van der Waals surface area contributed by atoms with E-state index in [0.29, 0.717) is 16.9 Å². The molecular weight excluding hydrogens is 462 g/mol. The molecule has 3 rings (SSSR count). The van der Waals surface area contributed by atoms with Crippen LogP contribution in [0.25, 0.3) is 0 Å². The van der Waals surface area contributed by atoms with Gasteiger partial charge in [0.2, 0.25) is 5.91 Å². The van der Waals surface area contributed by atoms with E-state index in [2.05, 4.69) is 10.6 Å². The van der Waals surface area contributed by atoms with Gasteiger partial charge >= 0.3 is 0 Å². The average molecular weight is 494 g/mol. The van der Waals surface area contributed by atoms with Gasteiger partial charge in [-0.2, -0.15) is 0 Å². The normalized spacial score (nSPS) is 11.6. The summed E-state index contributed by atoms with van der Waals surface area (Å²) in [6, 6.07) is 19.9. The van der Waals surface area contributed by atoms with E-state index in [9.17, 15) is 18.0 Å². The molecule has 0 fully saturated rings. The van der Waals surface area contributed by atoms with Crippen LogP contribution in [0, 0.1) is 13.8 Å². The fraction of sp³-hybridized carbons (Fsp3) is 0.259. The maximum Gasteiger partial charge on any atom is 0.264 e. The molecule has 0 unspecified atom stereocenters. The van der Waals surface area contributed by atoms with Crippen molar-refractivity contribution in [3.63, 3.8) is 0 Å². The lowest BCUT2D eigenvalue weighted by atomic mass is 10.1. The van der Waals surface area contributed by atoms with Crippen LogP contribution < -0.4 is 14.9 Å². The summed E-state index contributed by atoms with van der Waals surface area (Å²) in [4.78, 5) is 26.0. The number of hydrogen-bond acceptors (Lipinski definition) is 4. The molecule has 0 heterocycles. The van der Waals surface area contributed by atoms with Crippen LogP contribution in [0.2, 0.25) is 0 Å². The molecule has 0 spiro atoms. The number of amides is 2. The van der Waals surface area contributed by atoms with Gasteiger partial charge in [0.25, 0.3) is 15.9 Å². The van der Waals surface area contributed by atoms with Crippen LogP contribution in [0.5, 0.6) is 0 Å². The zero-order valence-corrected chi connectivity index (χ0v) is 21.4. The van der Waals surface area contributed by atoms with E-state index in [1.807, 2.05) is 40.7 Å². The van der Waals surface area contributed by atoms with Crippen LogP contribution in [0.15, 0.2) is 77.7 Å².